The molecule has 0 saturated carbocycles. The van der Waals surface area contributed by atoms with E-state index >= 15 is 0 Å². The molecule has 3 aromatic rings. The van der Waals surface area contributed by atoms with Gasteiger partial charge in [-0.15, -0.1) is 0 Å². The summed E-state index contributed by atoms with van der Waals surface area (Å²) in [5.74, 6) is 0.317. The highest BCUT2D eigenvalue weighted by Gasteiger charge is 2.36. The first-order valence-electron chi connectivity index (χ1n) is 10.0. The lowest BCUT2D eigenvalue weighted by Crippen LogP contribution is -2.43. The fraction of sp³-hybridized carbons (Fsp3) is 0.273. The molecule has 0 saturated heterocycles. The van der Waals surface area contributed by atoms with Gasteiger partial charge in [0.15, 0.2) is 0 Å². The summed E-state index contributed by atoms with van der Waals surface area (Å²) < 4.78 is 21.8. The van der Waals surface area contributed by atoms with Crippen LogP contribution in [0, 0.1) is 5.82 Å². The van der Waals surface area contributed by atoms with Gasteiger partial charge in [0, 0.05) is 31.8 Å². The van der Waals surface area contributed by atoms with Crippen molar-refractivity contribution >= 4 is 23.1 Å². The van der Waals surface area contributed by atoms with Gasteiger partial charge in [0.25, 0.3) is 11.9 Å². The van der Waals surface area contributed by atoms with Crippen molar-refractivity contribution in [1.29, 1.82) is 0 Å². The number of aliphatic hydroxyl groups is 1. The zero-order valence-corrected chi connectivity index (χ0v) is 18.1. The number of nitrogens with zero attached hydrogens (tertiary/aromatic N) is 3. The van der Waals surface area contributed by atoms with E-state index in [0.29, 0.717) is 16.6 Å². The fourth-order valence-corrected chi connectivity index (χ4v) is 3.72. The number of fused-ring (bicyclic) bond motifs is 1. The molecule has 1 unspecified atom stereocenters. The van der Waals surface area contributed by atoms with Crippen LogP contribution in [0.25, 0.3) is 0 Å². The first-order chi connectivity index (χ1) is 15.4. The standard InChI is InChI=1S/C22H22ClFN4O4/c1-26-19-18(20(30)27(22(26)31)11-2-12-29)28(13-14-3-5-15(23)6-4-14)21(25-19)32-17-9-7-16(24)8-10-17/h3-10,21,25,29H,2,11-13H2,1H3. The average Bonchev–Trinajstić information content (AvgIpc) is 3.13. The Morgan fingerprint density at radius 1 is 1.12 bits per heavy atom. The third-order valence-corrected chi connectivity index (χ3v) is 5.48. The Kier molecular flexibility index (Phi) is 6.20. The van der Waals surface area contributed by atoms with Crippen LogP contribution < -0.4 is 26.2 Å². The summed E-state index contributed by atoms with van der Waals surface area (Å²) in [6.07, 6.45) is -0.549. The Labute approximate surface area is 188 Å². The number of rotatable bonds is 7. The molecule has 1 aliphatic rings. The van der Waals surface area contributed by atoms with Gasteiger partial charge >= 0.3 is 5.69 Å². The van der Waals surface area contributed by atoms with E-state index in [1.165, 1.54) is 28.8 Å². The monoisotopic (exact) mass is 460 g/mol. The minimum absolute atomic E-state index is 0.0908. The maximum Gasteiger partial charge on any atom is 0.332 e. The zero-order chi connectivity index (χ0) is 22.8. The maximum atomic E-state index is 13.3. The molecular formula is C22H22ClFN4O4. The van der Waals surface area contributed by atoms with Crippen LogP contribution in [0.15, 0.2) is 58.1 Å². The molecule has 0 radical (unpaired) electrons. The number of aliphatic hydroxyl groups excluding tert-OH is 1. The molecule has 2 N–H and O–H groups in total. The second kappa shape index (κ2) is 9.05. The number of benzene rings is 2. The molecule has 10 heteroatoms. The van der Waals surface area contributed by atoms with Crippen LogP contribution in [0.1, 0.15) is 12.0 Å². The van der Waals surface area contributed by atoms with E-state index in [2.05, 4.69) is 5.32 Å². The summed E-state index contributed by atoms with van der Waals surface area (Å²) in [6.45, 7) is 0.236. The van der Waals surface area contributed by atoms with Crippen molar-refractivity contribution in [2.45, 2.75) is 25.9 Å². The van der Waals surface area contributed by atoms with Gasteiger partial charge in [-0.25, -0.2) is 9.18 Å². The summed E-state index contributed by atoms with van der Waals surface area (Å²) in [5, 5.41) is 12.8. The van der Waals surface area contributed by atoms with E-state index < -0.39 is 23.4 Å². The van der Waals surface area contributed by atoms with Crippen molar-refractivity contribution in [2.24, 2.45) is 7.05 Å². The van der Waals surface area contributed by atoms with Crippen molar-refractivity contribution < 1.29 is 14.2 Å². The zero-order valence-electron chi connectivity index (χ0n) is 17.3. The molecular weight excluding hydrogens is 439 g/mol. The van der Waals surface area contributed by atoms with Crippen LogP contribution in [0.3, 0.4) is 0 Å². The normalized spacial score (nSPS) is 14.9. The first-order valence-corrected chi connectivity index (χ1v) is 10.4. The van der Waals surface area contributed by atoms with Gasteiger partial charge in [-0.05, 0) is 48.4 Å². The predicted octanol–water partition coefficient (Wildman–Crippen LogP) is 2.52. The molecule has 0 bridgehead atoms. The van der Waals surface area contributed by atoms with Gasteiger partial charge in [-0.3, -0.25) is 13.9 Å². The fourth-order valence-electron chi connectivity index (χ4n) is 3.60. The van der Waals surface area contributed by atoms with Crippen molar-refractivity contribution in [3.8, 4) is 5.75 Å². The summed E-state index contributed by atoms with van der Waals surface area (Å²) >= 11 is 6.00. The van der Waals surface area contributed by atoms with Crippen LogP contribution in [0.4, 0.5) is 15.9 Å². The Balaban J connectivity index is 1.78. The molecule has 2 aromatic carbocycles. The molecule has 0 spiro atoms. The summed E-state index contributed by atoms with van der Waals surface area (Å²) in [4.78, 5) is 27.8. The average molecular weight is 461 g/mol. The van der Waals surface area contributed by atoms with E-state index in [0.717, 1.165) is 10.1 Å². The number of nitrogens with one attached hydrogen (secondary N) is 1. The number of anilines is 2. The molecule has 32 heavy (non-hydrogen) atoms. The van der Waals surface area contributed by atoms with E-state index in [9.17, 15) is 14.0 Å². The van der Waals surface area contributed by atoms with E-state index in [1.807, 2.05) is 12.1 Å². The van der Waals surface area contributed by atoms with Gasteiger partial charge in [0.1, 0.15) is 23.1 Å². The van der Waals surface area contributed by atoms with Crippen LogP contribution in [-0.4, -0.2) is 27.2 Å². The predicted molar refractivity (Wildman–Crippen MR) is 120 cm³/mol. The second-order valence-electron chi connectivity index (χ2n) is 7.40. The van der Waals surface area contributed by atoms with Crippen LogP contribution in [0.2, 0.25) is 5.02 Å². The van der Waals surface area contributed by atoms with Crippen molar-refractivity contribution in [1.82, 2.24) is 9.13 Å². The molecule has 8 nitrogen and oxygen atoms in total. The number of halogens is 2. The molecule has 0 aliphatic carbocycles. The highest BCUT2D eigenvalue weighted by atomic mass is 35.5. The number of hydrogen-bond donors (Lipinski definition) is 2. The lowest BCUT2D eigenvalue weighted by Gasteiger charge is -2.26. The van der Waals surface area contributed by atoms with Crippen molar-refractivity contribution in [2.75, 3.05) is 16.8 Å². The topological polar surface area (TPSA) is 88.7 Å². The van der Waals surface area contributed by atoms with E-state index in [1.54, 1.807) is 24.1 Å². The van der Waals surface area contributed by atoms with Gasteiger partial charge in [-0.2, -0.15) is 0 Å². The number of aromatic nitrogens is 2. The Hall–Kier alpha value is -3.30. The number of hydrogen-bond acceptors (Lipinski definition) is 6. The lowest BCUT2D eigenvalue weighted by molar-refractivity contribution is 0.227. The Morgan fingerprint density at radius 2 is 1.81 bits per heavy atom. The molecule has 4 rings (SSSR count). The molecule has 168 valence electrons. The summed E-state index contributed by atoms with van der Waals surface area (Å²) in [5.41, 5.74) is 0.158. The molecule has 0 fully saturated rings. The largest absolute Gasteiger partial charge is 0.452 e. The van der Waals surface area contributed by atoms with Crippen LogP contribution >= 0.6 is 11.6 Å². The first kappa shape index (κ1) is 21.9. The summed E-state index contributed by atoms with van der Waals surface area (Å²) in [6, 6.07) is 12.7. The van der Waals surface area contributed by atoms with Crippen molar-refractivity contribution in [3.63, 3.8) is 0 Å². The molecule has 2 heterocycles. The molecule has 0 amide bonds. The lowest BCUT2D eigenvalue weighted by atomic mass is 10.2. The Morgan fingerprint density at radius 3 is 2.47 bits per heavy atom. The summed E-state index contributed by atoms with van der Waals surface area (Å²) in [7, 11) is 1.56. The van der Waals surface area contributed by atoms with Gasteiger partial charge < -0.3 is 20.1 Å². The molecule has 1 aliphatic heterocycles. The SMILES string of the molecule is Cn1c2c(c(=O)n(CCCO)c1=O)N(Cc1ccc(Cl)cc1)C(Oc1ccc(F)cc1)N2. The van der Waals surface area contributed by atoms with E-state index in [-0.39, 0.29) is 31.8 Å². The third kappa shape index (κ3) is 4.21. The van der Waals surface area contributed by atoms with E-state index in [4.69, 9.17) is 21.4 Å². The Bertz CT molecular complexity index is 1220. The molecule has 1 aromatic heterocycles. The molecule has 1 atom stereocenters. The minimum atomic E-state index is -0.821. The highest BCUT2D eigenvalue weighted by Crippen LogP contribution is 2.32. The van der Waals surface area contributed by atoms with Crippen molar-refractivity contribution in [3.05, 3.63) is 85.8 Å². The minimum Gasteiger partial charge on any atom is -0.452 e. The van der Waals surface area contributed by atoms with Gasteiger partial charge in [0.05, 0.1) is 0 Å². The smallest absolute Gasteiger partial charge is 0.332 e. The third-order valence-electron chi connectivity index (χ3n) is 5.22. The van der Waals surface area contributed by atoms with Gasteiger partial charge in [-0.1, -0.05) is 23.7 Å². The van der Waals surface area contributed by atoms with Crippen LogP contribution in [0.5, 0.6) is 5.75 Å². The van der Waals surface area contributed by atoms with Crippen LogP contribution in [-0.2, 0) is 20.1 Å². The maximum absolute atomic E-state index is 13.3. The number of ether oxygens (including phenoxy) is 1. The second-order valence-corrected chi connectivity index (χ2v) is 7.83. The quantitative estimate of drug-likeness (QED) is 0.563. The highest BCUT2D eigenvalue weighted by molar-refractivity contribution is 6.30. The van der Waals surface area contributed by atoms with Gasteiger partial charge in [0.2, 0.25) is 0 Å².